The summed E-state index contributed by atoms with van der Waals surface area (Å²) in [5.41, 5.74) is 0. The van der Waals surface area contributed by atoms with Gasteiger partial charge in [-0.15, -0.1) is 0 Å². The highest BCUT2D eigenvalue weighted by Crippen LogP contribution is 2.13. The first-order valence-corrected chi connectivity index (χ1v) is 6.91. The molecule has 0 heterocycles. The van der Waals surface area contributed by atoms with Crippen LogP contribution in [0, 0.1) is 0 Å². The van der Waals surface area contributed by atoms with E-state index in [0.29, 0.717) is 13.1 Å². The highest BCUT2D eigenvalue weighted by Gasteiger charge is 2.12. The number of phenols is 1. The summed E-state index contributed by atoms with van der Waals surface area (Å²) in [6, 6.07) is 5.46. The second-order valence-corrected chi connectivity index (χ2v) is 5.55. The second-order valence-electron chi connectivity index (χ2n) is 3.79. The fourth-order valence-electron chi connectivity index (χ4n) is 1.24. The molecule has 0 unspecified atom stereocenters. The fraction of sp³-hybridized carbons (Fsp3) is 0.455. The summed E-state index contributed by atoms with van der Waals surface area (Å²) in [6.45, 7) is 3.91. The average Bonchev–Trinajstić information content (AvgIpc) is 2.29. The topological polar surface area (TPSA) is 69.6 Å². The van der Waals surface area contributed by atoms with Gasteiger partial charge in [0.05, 0.1) is 4.90 Å². The van der Waals surface area contributed by atoms with Gasteiger partial charge in [0.2, 0.25) is 10.0 Å². The van der Waals surface area contributed by atoms with Crippen LogP contribution in [-0.2, 0) is 10.0 Å². The average molecular weight is 258 g/mol. The van der Waals surface area contributed by atoms with Gasteiger partial charge in [0, 0.05) is 13.1 Å². The lowest BCUT2D eigenvalue weighted by Gasteiger charge is -2.14. The quantitative estimate of drug-likeness (QED) is 0.785. The van der Waals surface area contributed by atoms with Gasteiger partial charge >= 0.3 is 0 Å². The van der Waals surface area contributed by atoms with E-state index in [0.717, 1.165) is 6.54 Å². The predicted molar refractivity (Wildman–Crippen MR) is 66.5 cm³/mol. The van der Waals surface area contributed by atoms with Crippen LogP contribution in [0.15, 0.2) is 29.2 Å². The Hall–Kier alpha value is -1.11. The molecule has 0 saturated heterocycles. The highest BCUT2D eigenvalue weighted by atomic mass is 32.2. The molecule has 6 heteroatoms. The van der Waals surface area contributed by atoms with Crippen LogP contribution in [0.5, 0.6) is 5.75 Å². The van der Waals surface area contributed by atoms with Gasteiger partial charge < -0.3 is 10.0 Å². The fourth-order valence-corrected chi connectivity index (χ4v) is 2.26. The molecule has 1 aromatic carbocycles. The van der Waals surface area contributed by atoms with Crippen molar-refractivity contribution in [1.82, 2.24) is 9.62 Å². The molecular weight excluding hydrogens is 240 g/mol. The number of nitrogens with zero attached hydrogens (tertiary/aromatic N) is 1. The van der Waals surface area contributed by atoms with Gasteiger partial charge in [-0.3, -0.25) is 0 Å². The summed E-state index contributed by atoms with van der Waals surface area (Å²) >= 11 is 0. The number of benzene rings is 1. The van der Waals surface area contributed by atoms with Crippen molar-refractivity contribution in [3.05, 3.63) is 24.3 Å². The SMILES string of the molecule is CCN(C)CCNS(=O)(=O)c1ccc(O)cc1. The molecule has 1 rings (SSSR count). The standard InChI is InChI=1S/C11H18N2O3S/c1-3-13(2)9-8-12-17(15,16)11-6-4-10(14)5-7-11/h4-7,12,14H,3,8-9H2,1-2H3. The molecule has 0 spiro atoms. The van der Waals surface area contributed by atoms with E-state index in [4.69, 9.17) is 5.11 Å². The minimum absolute atomic E-state index is 0.0506. The molecule has 0 aliphatic rings. The summed E-state index contributed by atoms with van der Waals surface area (Å²) in [4.78, 5) is 2.17. The molecular formula is C11H18N2O3S. The zero-order valence-corrected chi connectivity index (χ0v) is 10.9. The van der Waals surface area contributed by atoms with Crippen LogP contribution >= 0.6 is 0 Å². The summed E-state index contributed by atoms with van der Waals surface area (Å²) < 4.78 is 26.1. The predicted octanol–water partition coefficient (Wildman–Crippen LogP) is 0.622. The number of rotatable bonds is 6. The second kappa shape index (κ2) is 6.00. The summed E-state index contributed by atoms with van der Waals surface area (Å²) in [6.07, 6.45) is 0. The minimum atomic E-state index is -3.47. The van der Waals surface area contributed by atoms with E-state index in [1.807, 2.05) is 18.9 Å². The van der Waals surface area contributed by atoms with Crippen LogP contribution in [0.25, 0.3) is 0 Å². The van der Waals surface area contributed by atoms with Crippen molar-refractivity contribution in [2.24, 2.45) is 0 Å². The Kier molecular flexibility index (Phi) is 4.92. The van der Waals surface area contributed by atoms with E-state index in [9.17, 15) is 8.42 Å². The molecule has 0 radical (unpaired) electrons. The van der Waals surface area contributed by atoms with Gasteiger partial charge in [0.1, 0.15) is 5.75 Å². The van der Waals surface area contributed by atoms with Crippen molar-refractivity contribution < 1.29 is 13.5 Å². The molecule has 0 fully saturated rings. The molecule has 1 aromatic rings. The Morgan fingerprint density at radius 2 is 1.88 bits per heavy atom. The number of phenolic OH excluding ortho intramolecular Hbond substituents is 1. The normalized spacial score (nSPS) is 11.9. The van der Waals surface area contributed by atoms with E-state index in [2.05, 4.69) is 4.72 Å². The Morgan fingerprint density at radius 3 is 2.41 bits per heavy atom. The van der Waals surface area contributed by atoms with E-state index in [-0.39, 0.29) is 10.6 Å². The molecule has 0 aliphatic heterocycles. The number of nitrogens with one attached hydrogen (secondary N) is 1. The molecule has 0 aromatic heterocycles. The highest BCUT2D eigenvalue weighted by molar-refractivity contribution is 7.89. The van der Waals surface area contributed by atoms with E-state index in [1.165, 1.54) is 24.3 Å². The number of sulfonamides is 1. The first kappa shape index (κ1) is 14.0. The molecule has 5 nitrogen and oxygen atoms in total. The lowest BCUT2D eigenvalue weighted by molar-refractivity contribution is 0.358. The number of likely N-dealkylation sites (N-methyl/N-ethyl adjacent to an activating group) is 1. The van der Waals surface area contributed by atoms with Crippen LogP contribution in [0.2, 0.25) is 0 Å². The van der Waals surface area contributed by atoms with E-state index < -0.39 is 10.0 Å². The third-order valence-corrected chi connectivity index (χ3v) is 3.95. The lowest BCUT2D eigenvalue weighted by atomic mass is 10.3. The lowest BCUT2D eigenvalue weighted by Crippen LogP contribution is -2.32. The third-order valence-electron chi connectivity index (χ3n) is 2.47. The van der Waals surface area contributed by atoms with Crippen molar-refractivity contribution in [2.75, 3.05) is 26.7 Å². The molecule has 2 N–H and O–H groups in total. The van der Waals surface area contributed by atoms with Crippen LogP contribution in [-0.4, -0.2) is 45.1 Å². The van der Waals surface area contributed by atoms with Gasteiger partial charge in [-0.1, -0.05) is 6.92 Å². The summed E-state index contributed by atoms with van der Waals surface area (Å²) in [7, 11) is -1.54. The van der Waals surface area contributed by atoms with Gasteiger partial charge in [-0.05, 0) is 37.9 Å². The first-order chi connectivity index (χ1) is 7.95. The van der Waals surface area contributed by atoms with Crippen LogP contribution in [0.3, 0.4) is 0 Å². The summed E-state index contributed by atoms with van der Waals surface area (Å²) in [5, 5.41) is 9.08. The zero-order valence-electron chi connectivity index (χ0n) is 10.0. The van der Waals surface area contributed by atoms with Gasteiger partial charge in [-0.25, -0.2) is 13.1 Å². The first-order valence-electron chi connectivity index (χ1n) is 5.43. The smallest absolute Gasteiger partial charge is 0.240 e. The summed E-state index contributed by atoms with van der Waals surface area (Å²) in [5.74, 6) is 0.0506. The van der Waals surface area contributed by atoms with Gasteiger partial charge in [-0.2, -0.15) is 0 Å². The van der Waals surface area contributed by atoms with Crippen molar-refractivity contribution in [2.45, 2.75) is 11.8 Å². The van der Waals surface area contributed by atoms with Crippen molar-refractivity contribution in [1.29, 1.82) is 0 Å². The zero-order chi connectivity index (χ0) is 12.9. The van der Waals surface area contributed by atoms with Crippen LogP contribution < -0.4 is 4.72 Å². The van der Waals surface area contributed by atoms with E-state index >= 15 is 0 Å². The molecule has 0 bridgehead atoms. The Labute approximate surface area is 102 Å². The largest absolute Gasteiger partial charge is 0.508 e. The van der Waals surface area contributed by atoms with Crippen molar-refractivity contribution >= 4 is 10.0 Å². The molecule has 0 aliphatic carbocycles. The maximum absolute atomic E-state index is 11.8. The van der Waals surface area contributed by atoms with Gasteiger partial charge in [0.15, 0.2) is 0 Å². The van der Waals surface area contributed by atoms with Crippen molar-refractivity contribution in [3.8, 4) is 5.75 Å². The maximum Gasteiger partial charge on any atom is 0.240 e. The van der Waals surface area contributed by atoms with E-state index in [1.54, 1.807) is 0 Å². The molecule has 0 amide bonds. The van der Waals surface area contributed by atoms with Crippen LogP contribution in [0.1, 0.15) is 6.92 Å². The Morgan fingerprint density at radius 1 is 1.29 bits per heavy atom. The monoisotopic (exact) mass is 258 g/mol. The Balaban J connectivity index is 2.60. The van der Waals surface area contributed by atoms with Crippen molar-refractivity contribution in [3.63, 3.8) is 0 Å². The van der Waals surface area contributed by atoms with Gasteiger partial charge in [0.25, 0.3) is 0 Å². The molecule has 0 saturated carbocycles. The third kappa shape index (κ3) is 4.33. The maximum atomic E-state index is 11.8. The Bertz CT molecular complexity index is 442. The minimum Gasteiger partial charge on any atom is -0.508 e. The number of aromatic hydroxyl groups is 1. The molecule has 0 atom stereocenters. The molecule has 17 heavy (non-hydrogen) atoms. The van der Waals surface area contributed by atoms with Crippen LogP contribution in [0.4, 0.5) is 0 Å². The number of hydrogen-bond acceptors (Lipinski definition) is 4. The molecule has 96 valence electrons. The number of hydrogen-bond donors (Lipinski definition) is 2.